The molecule has 0 aliphatic rings. The van der Waals surface area contributed by atoms with E-state index in [1.165, 1.54) is 11.3 Å². The first kappa shape index (κ1) is 18.9. The number of rotatable bonds is 7. The zero-order chi connectivity index (χ0) is 19.2. The number of aryl methyl sites for hydroxylation is 1. The van der Waals surface area contributed by atoms with Gasteiger partial charge in [0.25, 0.3) is 0 Å². The molecule has 0 atom stereocenters. The van der Waals surface area contributed by atoms with E-state index in [4.69, 9.17) is 4.74 Å². The van der Waals surface area contributed by atoms with Crippen LogP contribution in [0.25, 0.3) is 0 Å². The predicted molar refractivity (Wildman–Crippen MR) is 107 cm³/mol. The Labute approximate surface area is 162 Å². The molecule has 140 valence electrons. The van der Waals surface area contributed by atoms with E-state index in [-0.39, 0.29) is 17.2 Å². The average Bonchev–Trinajstić information content (AvgIpc) is 2.92. The number of carbonyl (C=O) groups excluding carboxylic acids is 1. The molecule has 2 aromatic carbocycles. The lowest BCUT2D eigenvalue weighted by atomic mass is 10.2. The van der Waals surface area contributed by atoms with Crippen molar-refractivity contribution in [1.29, 1.82) is 0 Å². The van der Waals surface area contributed by atoms with Crippen LogP contribution in [0.1, 0.15) is 22.6 Å². The lowest BCUT2D eigenvalue weighted by molar-refractivity contribution is -0.121. The van der Waals surface area contributed by atoms with Gasteiger partial charge in [-0.2, -0.15) is 0 Å². The lowest BCUT2D eigenvalue weighted by Crippen LogP contribution is -2.26. The topological polar surface area (TPSA) is 60.3 Å². The van der Waals surface area contributed by atoms with E-state index in [0.29, 0.717) is 18.8 Å². The number of para-hydroxylation sites is 2. The molecule has 0 fully saturated rings. The molecular formula is C21H22N2O3S. The summed E-state index contributed by atoms with van der Waals surface area (Å²) in [5, 5.41) is 2.91. The predicted octanol–water partition coefficient (Wildman–Crippen LogP) is 4.03. The van der Waals surface area contributed by atoms with Crippen molar-refractivity contribution in [2.75, 3.05) is 0 Å². The van der Waals surface area contributed by atoms with E-state index in [9.17, 15) is 9.59 Å². The van der Waals surface area contributed by atoms with Gasteiger partial charge in [-0.15, -0.1) is 0 Å². The third-order valence-electron chi connectivity index (χ3n) is 4.36. The standard InChI is InChI=1S/C21H22N2O3S/c1-15-16(2)27-21(25)23(15)13-12-20(24)22-14-17-8-6-7-11-19(17)26-18-9-4-3-5-10-18/h3-11H,12-14H2,1-2H3,(H,22,24). The third-order valence-corrected chi connectivity index (χ3v) is 5.35. The van der Waals surface area contributed by atoms with Gasteiger partial charge in [-0.05, 0) is 32.0 Å². The Balaban J connectivity index is 1.58. The summed E-state index contributed by atoms with van der Waals surface area (Å²) in [6.07, 6.45) is 0.263. The summed E-state index contributed by atoms with van der Waals surface area (Å²) in [4.78, 5) is 25.1. The summed E-state index contributed by atoms with van der Waals surface area (Å²) < 4.78 is 7.57. The zero-order valence-electron chi connectivity index (χ0n) is 15.4. The number of thiazole rings is 1. The summed E-state index contributed by atoms with van der Waals surface area (Å²) in [7, 11) is 0. The highest BCUT2D eigenvalue weighted by atomic mass is 32.1. The summed E-state index contributed by atoms with van der Waals surface area (Å²) in [5.41, 5.74) is 1.83. The Morgan fingerprint density at radius 1 is 1.07 bits per heavy atom. The fourth-order valence-corrected chi connectivity index (χ4v) is 3.56. The number of aromatic nitrogens is 1. The summed E-state index contributed by atoms with van der Waals surface area (Å²) in [5.74, 6) is 1.36. The maximum Gasteiger partial charge on any atom is 0.307 e. The maximum atomic E-state index is 12.2. The molecule has 3 aromatic rings. The maximum absolute atomic E-state index is 12.2. The van der Waals surface area contributed by atoms with Crippen molar-refractivity contribution >= 4 is 17.2 Å². The van der Waals surface area contributed by atoms with Gasteiger partial charge in [0.1, 0.15) is 11.5 Å². The van der Waals surface area contributed by atoms with Crippen LogP contribution in [0.3, 0.4) is 0 Å². The minimum Gasteiger partial charge on any atom is -0.457 e. The number of carbonyl (C=O) groups is 1. The molecule has 0 bridgehead atoms. The van der Waals surface area contributed by atoms with Gasteiger partial charge < -0.3 is 14.6 Å². The molecule has 27 heavy (non-hydrogen) atoms. The Kier molecular flexibility index (Phi) is 6.08. The highest BCUT2D eigenvalue weighted by molar-refractivity contribution is 7.09. The van der Waals surface area contributed by atoms with Gasteiger partial charge in [0.15, 0.2) is 0 Å². The number of amides is 1. The van der Waals surface area contributed by atoms with Crippen molar-refractivity contribution in [3.8, 4) is 11.5 Å². The average molecular weight is 382 g/mol. The third kappa shape index (κ3) is 4.86. The molecular weight excluding hydrogens is 360 g/mol. The largest absolute Gasteiger partial charge is 0.457 e. The molecule has 0 radical (unpaired) electrons. The molecule has 1 amide bonds. The van der Waals surface area contributed by atoms with Crippen LogP contribution in [0, 0.1) is 13.8 Å². The molecule has 0 aliphatic carbocycles. The molecule has 3 rings (SSSR count). The van der Waals surface area contributed by atoms with Crippen LogP contribution in [0.5, 0.6) is 11.5 Å². The first-order chi connectivity index (χ1) is 13.0. The second-order valence-electron chi connectivity index (χ2n) is 6.21. The van der Waals surface area contributed by atoms with Crippen molar-refractivity contribution in [3.63, 3.8) is 0 Å². The van der Waals surface area contributed by atoms with Crippen LogP contribution in [-0.4, -0.2) is 10.5 Å². The summed E-state index contributed by atoms with van der Waals surface area (Å²) >= 11 is 1.22. The van der Waals surface area contributed by atoms with Crippen molar-refractivity contribution < 1.29 is 9.53 Å². The smallest absolute Gasteiger partial charge is 0.307 e. The Bertz CT molecular complexity index is 977. The normalized spacial score (nSPS) is 10.6. The second-order valence-corrected chi connectivity index (χ2v) is 7.38. The monoisotopic (exact) mass is 382 g/mol. The molecule has 0 aliphatic heterocycles. The van der Waals surface area contributed by atoms with Crippen molar-refractivity contribution in [1.82, 2.24) is 9.88 Å². The minimum absolute atomic E-state index is 0.0144. The van der Waals surface area contributed by atoms with E-state index in [1.54, 1.807) is 4.57 Å². The minimum atomic E-state index is -0.0975. The number of benzene rings is 2. The molecule has 0 saturated heterocycles. The van der Waals surface area contributed by atoms with Crippen molar-refractivity contribution in [3.05, 3.63) is 80.4 Å². The quantitative estimate of drug-likeness (QED) is 0.671. The fourth-order valence-electron chi connectivity index (χ4n) is 2.71. The second kappa shape index (κ2) is 8.68. The fraction of sp³-hybridized carbons (Fsp3) is 0.238. The van der Waals surface area contributed by atoms with E-state index in [0.717, 1.165) is 21.9 Å². The van der Waals surface area contributed by atoms with Crippen molar-refractivity contribution in [2.24, 2.45) is 0 Å². The summed E-state index contributed by atoms with van der Waals surface area (Å²) in [6, 6.07) is 17.2. The molecule has 1 aromatic heterocycles. The Hall–Kier alpha value is -2.86. The number of nitrogens with zero attached hydrogens (tertiary/aromatic N) is 1. The number of ether oxygens (including phenoxy) is 1. The molecule has 1 heterocycles. The van der Waals surface area contributed by atoms with Crippen molar-refractivity contribution in [2.45, 2.75) is 33.4 Å². The van der Waals surface area contributed by atoms with Gasteiger partial charge in [0.2, 0.25) is 5.91 Å². The molecule has 0 saturated carbocycles. The van der Waals surface area contributed by atoms with Gasteiger partial charge in [0.05, 0.1) is 0 Å². The van der Waals surface area contributed by atoms with Crippen LogP contribution >= 0.6 is 11.3 Å². The van der Waals surface area contributed by atoms with Gasteiger partial charge in [0, 0.05) is 35.6 Å². The number of hydrogen-bond acceptors (Lipinski definition) is 4. The van der Waals surface area contributed by atoms with Gasteiger partial charge in [-0.3, -0.25) is 9.59 Å². The molecule has 6 heteroatoms. The lowest BCUT2D eigenvalue weighted by Gasteiger charge is -2.12. The Morgan fingerprint density at radius 3 is 2.48 bits per heavy atom. The van der Waals surface area contributed by atoms with Crippen LogP contribution in [-0.2, 0) is 17.9 Å². The number of nitrogens with one attached hydrogen (secondary N) is 1. The zero-order valence-corrected chi connectivity index (χ0v) is 16.2. The van der Waals surface area contributed by atoms with Crippen LogP contribution < -0.4 is 14.9 Å². The highest BCUT2D eigenvalue weighted by Gasteiger charge is 2.10. The van der Waals surface area contributed by atoms with E-state index in [1.807, 2.05) is 68.4 Å². The molecule has 0 spiro atoms. The van der Waals surface area contributed by atoms with Crippen LogP contribution in [0.15, 0.2) is 59.4 Å². The van der Waals surface area contributed by atoms with Crippen LogP contribution in [0.4, 0.5) is 0 Å². The van der Waals surface area contributed by atoms with Crippen LogP contribution in [0.2, 0.25) is 0 Å². The van der Waals surface area contributed by atoms with Gasteiger partial charge >= 0.3 is 4.87 Å². The summed E-state index contributed by atoms with van der Waals surface area (Å²) in [6.45, 7) is 4.59. The SMILES string of the molecule is Cc1sc(=O)n(CCC(=O)NCc2ccccc2Oc2ccccc2)c1C. The molecule has 5 nitrogen and oxygen atoms in total. The number of hydrogen-bond donors (Lipinski definition) is 1. The van der Waals surface area contributed by atoms with Gasteiger partial charge in [-0.1, -0.05) is 47.7 Å². The first-order valence-electron chi connectivity index (χ1n) is 8.79. The molecule has 1 N–H and O–H groups in total. The highest BCUT2D eigenvalue weighted by Crippen LogP contribution is 2.24. The Morgan fingerprint density at radius 2 is 1.78 bits per heavy atom. The van der Waals surface area contributed by atoms with E-state index < -0.39 is 0 Å². The first-order valence-corrected chi connectivity index (χ1v) is 9.60. The van der Waals surface area contributed by atoms with Gasteiger partial charge in [-0.25, -0.2) is 0 Å². The van der Waals surface area contributed by atoms with E-state index in [2.05, 4.69) is 5.32 Å². The van der Waals surface area contributed by atoms with E-state index >= 15 is 0 Å². The molecule has 0 unspecified atom stereocenters.